The van der Waals surface area contributed by atoms with Gasteiger partial charge in [0, 0.05) is 21.0 Å². The van der Waals surface area contributed by atoms with E-state index < -0.39 is 0 Å². The number of carbonyl (C=O) groups is 1. The first kappa shape index (κ1) is 18.0. The molecule has 0 N–H and O–H groups in total. The summed E-state index contributed by atoms with van der Waals surface area (Å²) in [4.78, 5) is 13.9. The first-order valence-corrected chi connectivity index (χ1v) is 9.76. The highest BCUT2D eigenvalue weighted by Crippen LogP contribution is 2.31. The zero-order valence-corrected chi connectivity index (χ0v) is 16.6. The van der Waals surface area contributed by atoms with Gasteiger partial charge in [0.1, 0.15) is 16.3 Å². The molecular weight excluding hydrogens is 403 g/mol. The Hall–Kier alpha value is -2.34. The van der Waals surface area contributed by atoms with Gasteiger partial charge in [-0.15, -0.1) is 11.3 Å². The van der Waals surface area contributed by atoms with Crippen LogP contribution >= 0.6 is 34.5 Å². The fraction of sp³-hybridized carbons (Fsp3) is 0.100. The Labute approximate surface area is 169 Å². The molecule has 2 aromatic carbocycles. The number of ether oxygens (including phenoxy) is 1. The van der Waals surface area contributed by atoms with Crippen LogP contribution in [0.4, 0.5) is 0 Å². The van der Waals surface area contributed by atoms with Crippen molar-refractivity contribution in [3.63, 3.8) is 0 Å². The second-order valence-electron chi connectivity index (χ2n) is 5.97. The minimum absolute atomic E-state index is 0.134. The first-order chi connectivity index (χ1) is 13.0. The smallest absolute Gasteiger partial charge is 0.348 e. The molecule has 0 unspecified atom stereocenters. The van der Waals surface area contributed by atoms with E-state index in [9.17, 15) is 4.79 Å². The van der Waals surface area contributed by atoms with Gasteiger partial charge in [-0.1, -0.05) is 41.4 Å². The third kappa shape index (κ3) is 3.58. The number of hydrogen-bond acceptors (Lipinski definition) is 4. The predicted molar refractivity (Wildman–Crippen MR) is 109 cm³/mol. The average molecular weight is 417 g/mol. The molecule has 0 saturated heterocycles. The molecule has 2 aromatic heterocycles. The van der Waals surface area contributed by atoms with Crippen molar-refractivity contribution in [2.45, 2.75) is 13.5 Å². The number of aryl methyl sites for hydroxylation is 1. The van der Waals surface area contributed by atoms with Crippen LogP contribution in [0, 0.1) is 6.92 Å². The van der Waals surface area contributed by atoms with Gasteiger partial charge in [-0.05, 0) is 43.3 Å². The van der Waals surface area contributed by atoms with Gasteiger partial charge in [0.15, 0.2) is 0 Å². The number of fused-ring (bicyclic) bond motifs is 1. The Balaban J connectivity index is 1.61. The number of carbonyl (C=O) groups excluding carboxylic acids is 1. The quantitative estimate of drug-likeness (QED) is 0.379. The van der Waals surface area contributed by atoms with Gasteiger partial charge >= 0.3 is 5.97 Å². The normalized spacial score (nSPS) is 11.1. The third-order valence-electron chi connectivity index (χ3n) is 4.13. The van der Waals surface area contributed by atoms with E-state index in [0.29, 0.717) is 14.9 Å². The number of hydrogen-bond donors (Lipinski definition) is 0. The van der Waals surface area contributed by atoms with Gasteiger partial charge in [-0.3, -0.25) is 0 Å². The number of nitrogens with zero attached hydrogens (tertiary/aromatic N) is 2. The van der Waals surface area contributed by atoms with Gasteiger partial charge in [0.2, 0.25) is 0 Å². The lowest BCUT2D eigenvalue weighted by Gasteiger charge is -2.05. The van der Waals surface area contributed by atoms with E-state index in [4.69, 9.17) is 27.9 Å². The molecule has 2 heterocycles. The molecule has 0 aliphatic rings. The van der Waals surface area contributed by atoms with Crippen LogP contribution in [0.1, 0.15) is 20.9 Å². The highest BCUT2D eigenvalue weighted by atomic mass is 35.5. The molecule has 0 radical (unpaired) electrons. The summed E-state index contributed by atoms with van der Waals surface area (Å²) in [7, 11) is 0. The maximum atomic E-state index is 12.5. The number of esters is 1. The van der Waals surface area contributed by atoms with E-state index >= 15 is 0 Å². The van der Waals surface area contributed by atoms with Crippen LogP contribution in [0.3, 0.4) is 0 Å². The van der Waals surface area contributed by atoms with E-state index in [1.807, 2.05) is 60.1 Å². The number of halogens is 2. The van der Waals surface area contributed by atoms with Gasteiger partial charge in [-0.2, -0.15) is 5.10 Å². The number of aromatic nitrogens is 2. The topological polar surface area (TPSA) is 44.1 Å². The van der Waals surface area contributed by atoms with Gasteiger partial charge < -0.3 is 4.74 Å². The molecule has 0 aliphatic heterocycles. The lowest BCUT2D eigenvalue weighted by atomic mass is 10.2. The summed E-state index contributed by atoms with van der Waals surface area (Å²) in [5.41, 5.74) is 2.51. The molecule has 0 amide bonds. The lowest BCUT2D eigenvalue weighted by molar-refractivity contribution is 0.0479. The molecule has 4 rings (SSSR count). The summed E-state index contributed by atoms with van der Waals surface area (Å²) in [6.07, 6.45) is 0. The standard InChI is InChI=1S/C20H14Cl2N2O2S/c1-12-16-10-18(20(25)26-11-13-4-2-3-5-17(13)22)27-19(16)24(23-12)15-8-6-14(21)7-9-15/h2-10H,11H2,1H3. The SMILES string of the molecule is Cc1nn(-c2ccc(Cl)cc2)c2sc(C(=O)OCc3ccccc3Cl)cc12. The Kier molecular flexibility index (Phi) is 4.91. The van der Waals surface area contributed by atoms with Crippen molar-refractivity contribution in [2.24, 2.45) is 0 Å². The van der Waals surface area contributed by atoms with Crippen LogP contribution in [0.5, 0.6) is 0 Å². The van der Waals surface area contributed by atoms with E-state index in [1.54, 1.807) is 6.07 Å². The Morgan fingerprint density at radius 1 is 1.15 bits per heavy atom. The molecule has 0 bridgehead atoms. The number of benzene rings is 2. The highest BCUT2D eigenvalue weighted by Gasteiger charge is 2.18. The molecule has 0 spiro atoms. The highest BCUT2D eigenvalue weighted by molar-refractivity contribution is 7.20. The molecule has 4 nitrogen and oxygen atoms in total. The van der Waals surface area contributed by atoms with Crippen LogP contribution in [0.15, 0.2) is 54.6 Å². The fourth-order valence-corrected chi connectivity index (χ4v) is 4.13. The zero-order chi connectivity index (χ0) is 19.0. The lowest BCUT2D eigenvalue weighted by Crippen LogP contribution is -2.03. The second kappa shape index (κ2) is 7.35. The van der Waals surface area contributed by atoms with Crippen molar-refractivity contribution in [3.05, 3.63) is 80.8 Å². The second-order valence-corrected chi connectivity index (χ2v) is 7.84. The Bertz CT molecular complexity index is 1130. The van der Waals surface area contributed by atoms with E-state index in [1.165, 1.54) is 11.3 Å². The first-order valence-electron chi connectivity index (χ1n) is 8.18. The van der Waals surface area contributed by atoms with Crippen molar-refractivity contribution in [3.8, 4) is 5.69 Å². The minimum atomic E-state index is -0.377. The molecule has 7 heteroatoms. The molecule has 4 aromatic rings. The molecule has 136 valence electrons. The van der Waals surface area contributed by atoms with Gasteiger partial charge in [-0.25, -0.2) is 9.48 Å². The summed E-state index contributed by atoms with van der Waals surface area (Å²) in [6.45, 7) is 2.05. The molecule has 0 saturated carbocycles. The zero-order valence-electron chi connectivity index (χ0n) is 14.3. The molecule has 0 atom stereocenters. The third-order valence-corrected chi connectivity index (χ3v) is 5.84. The van der Waals surface area contributed by atoms with Crippen molar-refractivity contribution in [2.75, 3.05) is 0 Å². The van der Waals surface area contributed by atoms with E-state index in [2.05, 4.69) is 5.10 Å². The van der Waals surface area contributed by atoms with E-state index in [0.717, 1.165) is 27.2 Å². The van der Waals surface area contributed by atoms with Crippen LogP contribution in [-0.2, 0) is 11.3 Å². The van der Waals surface area contributed by atoms with Crippen LogP contribution in [0.2, 0.25) is 10.0 Å². The van der Waals surface area contributed by atoms with E-state index in [-0.39, 0.29) is 12.6 Å². The molecule has 0 aliphatic carbocycles. The molecule has 0 fully saturated rings. The maximum Gasteiger partial charge on any atom is 0.348 e. The number of rotatable bonds is 4. The van der Waals surface area contributed by atoms with Crippen molar-refractivity contribution >= 4 is 50.7 Å². The summed E-state index contributed by atoms with van der Waals surface area (Å²) in [6, 6.07) is 16.5. The largest absolute Gasteiger partial charge is 0.457 e. The van der Waals surface area contributed by atoms with Crippen molar-refractivity contribution in [1.29, 1.82) is 0 Å². The minimum Gasteiger partial charge on any atom is -0.457 e. The summed E-state index contributed by atoms with van der Waals surface area (Å²) < 4.78 is 7.25. The Morgan fingerprint density at radius 3 is 2.63 bits per heavy atom. The summed E-state index contributed by atoms with van der Waals surface area (Å²) in [5.74, 6) is -0.377. The van der Waals surface area contributed by atoms with Crippen molar-refractivity contribution in [1.82, 2.24) is 9.78 Å². The summed E-state index contributed by atoms with van der Waals surface area (Å²) >= 11 is 13.4. The number of thiophene rings is 1. The van der Waals surface area contributed by atoms with Crippen LogP contribution < -0.4 is 0 Å². The maximum absolute atomic E-state index is 12.5. The van der Waals surface area contributed by atoms with Gasteiger partial charge in [0.25, 0.3) is 0 Å². The van der Waals surface area contributed by atoms with Gasteiger partial charge in [0.05, 0.1) is 11.4 Å². The predicted octanol–water partition coefficient (Wildman–Crippen LogP) is 6.06. The van der Waals surface area contributed by atoms with Crippen LogP contribution in [0.25, 0.3) is 15.9 Å². The van der Waals surface area contributed by atoms with Crippen LogP contribution in [-0.4, -0.2) is 15.7 Å². The fourth-order valence-electron chi connectivity index (χ4n) is 2.73. The molecule has 27 heavy (non-hydrogen) atoms. The average Bonchev–Trinajstić information content (AvgIpc) is 3.22. The monoisotopic (exact) mass is 416 g/mol. The Morgan fingerprint density at radius 2 is 1.89 bits per heavy atom. The molecular formula is C20H14Cl2N2O2S. The van der Waals surface area contributed by atoms with Crippen molar-refractivity contribution < 1.29 is 9.53 Å². The summed E-state index contributed by atoms with van der Waals surface area (Å²) in [5, 5.41) is 6.74.